The topological polar surface area (TPSA) is 52.4 Å². The van der Waals surface area contributed by atoms with Crippen molar-refractivity contribution >= 4 is 5.69 Å². The van der Waals surface area contributed by atoms with Gasteiger partial charge in [-0.25, -0.2) is 0 Å². The Labute approximate surface area is 76.1 Å². The largest absolute Gasteiger partial charge is 0.427 e. The van der Waals surface area contributed by atoms with Crippen LogP contribution in [0.5, 0.6) is 5.75 Å². The molecule has 1 aromatic rings. The Balaban J connectivity index is 3.14. The maximum absolute atomic E-state index is 12.8. The van der Waals surface area contributed by atoms with Crippen molar-refractivity contribution in [1.82, 2.24) is 0 Å². The highest BCUT2D eigenvalue weighted by molar-refractivity contribution is 5.47. The zero-order valence-electron chi connectivity index (χ0n) is 6.62. The van der Waals surface area contributed by atoms with Gasteiger partial charge in [0.15, 0.2) is 0 Å². The number of hydrogen-bond acceptors (Lipinski definition) is 3. The maximum Gasteiger partial charge on any atom is 0.387 e. The molecule has 0 aromatic heterocycles. The van der Waals surface area contributed by atoms with Crippen LogP contribution in [-0.4, -0.2) is 11.5 Å². The molecule has 0 radical (unpaired) electrons. The van der Waals surface area contributed by atoms with E-state index in [1.807, 2.05) is 0 Å². The van der Waals surface area contributed by atoms with Crippen LogP contribution in [0.3, 0.4) is 0 Å². The first-order valence-electron chi connectivity index (χ1n) is 3.40. The summed E-state index contributed by atoms with van der Waals surface area (Å²) in [7, 11) is 0. The predicted octanol–water partition coefficient (Wildman–Crippen LogP) is 2.34. The number of para-hydroxylation sites is 1. The molecule has 0 aliphatic heterocycles. The quantitative estimate of drug-likeness (QED) is 0.564. The summed E-state index contributed by atoms with van der Waals surface area (Å²) in [6, 6.07) is 2.73. The molecule has 0 heterocycles. The fraction of sp³-hybridized carbons (Fsp3) is 0.143. The zero-order chi connectivity index (χ0) is 10.7. The number of benzene rings is 1. The molecule has 0 fully saturated rings. The van der Waals surface area contributed by atoms with E-state index in [0.717, 1.165) is 18.2 Å². The molecule has 76 valence electrons. The van der Waals surface area contributed by atoms with Crippen LogP contribution in [-0.2, 0) is 0 Å². The number of alkyl halides is 2. The minimum atomic E-state index is -3.23. The number of halogens is 3. The minimum absolute atomic E-state index is 0.787. The Morgan fingerprint density at radius 3 is 2.57 bits per heavy atom. The van der Waals surface area contributed by atoms with Crippen LogP contribution in [0, 0.1) is 15.9 Å². The van der Waals surface area contributed by atoms with Gasteiger partial charge in [-0.1, -0.05) is 6.07 Å². The molecule has 0 saturated carbocycles. The SMILES string of the molecule is O=[N+]([O-])c1c(F)cccc1OC(F)F. The Morgan fingerprint density at radius 1 is 1.43 bits per heavy atom. The summed E-state index contributed by atoms with van der Waals surface area (Å²) < 4.78 is 40.0. The minimum Gasteiger partial charge on any atom is -0.427 e. The number of ether oxygens (including phenoxy) is 1. The summed E-state index contributed by atoms with van der Waals surface area (Å²) in [5, 5.41) is 10.3. The highest BCUT2D eigenvalue weighted by Crippen LogP contribution is 2.30. The molecule has 1 aromatic carbocycles. The van der Waals surface area contributed by atoms with E-state index >= 15 is 0 Å². The van der Waals surface area contributed by atoms with Crippen LogP contribution in [0.4, 0.5) is 18.9 Å². The Hall–Kier alpha value is -1.79. The molecule has 0 N–H and O–H groups in total. The van der Waals surface area contributed by atoms with E-state index in [9.17, 15) is 23.3 Å². The second-order valence-electron chi connectivity index (χ2n) is 2.22. The molecule has 4 nitrogen and oxygen atoms in total. The average Bonchev–Trinajstić information content (AvgIpc) is 2.01. The summed E-state index contributed by atoms with van der Waals surface area (Å²) in [6.45, 7) is -3.23. The van der Waals surface area contributed by atoms with Gasteiger partial charge >= 0.3 is 12.3 Å². The molecule has 0 atom stereocenters. The number of nitro groups is 1. The summed E-state index contributed by atoms with van der Waals surface area (Å²) in [5.74, 6) is -2.00. The Kier molecular flexibility index (Phi) is 2.90. The first-order valence-corrected chi connectivity index (χ1v) is 3.40. The number of nitrogens with zero attached hydrogens (tertiary/aromatic N) is 1. The van der Waals surface area contributed by atoms with Gasteiger partial charge in [0.25, 0.3) is 0 Å². The van der Waals surface area contributed by atoms with Gasteiger partial charge in [-0.05, 0) is 12.1 Å². The van der Waals surface area contributed by atoms with Crippen LogP contribution >= 0.6 is 0 Å². The molecule has 0 amide bonds. The average molecular weight is 207 g/mol. The lowest BCUT2D eigenvalue weighted by atomic mass is 10.3. The van der Waals surface area contributed by atoms with E-state index in [4.69, 9.17) is 0 Å². The predicted molar refractivity (Wildman–Crippen MR) is 39.7 cm³/mol. The lowest BCUT2D eigenvalue weighted by Gasteiger charge is -2.04. The van der Waals surface area contributed by atoms with E-state index < -0.39 is 28.8 Å². The van der Waals surface area contributed by atoms with E-state index in [2.05, 4.69) is 4.74 Å². The monoisotopic (exact) mass is 207 g/mol. The van der Waals surface area contributed by atoms with Crippen LogP contribution in [0.1, 0.15) is 0 Å². The van der Waals surface area contributed by atoms with E-state index in [1.54, 1.807) is 0 Å². The third kappa shape index (κ3) is 2.12. The van der Waals surface area contributed by atoms with Gasteiger partial charge in [-0.15, -0.1) is 0 Å². The number of nitro benzene ring substituents is 1. The van der Waals surface area contributed by atoms with Gasteiger partial charge in [0.2, 0.25) is 11.6 Å². The van der Waals surface area contributed by atoms with Crippen molar-refractivity contribution in [3.05, 3.63) is 34.1 Å². The molecule has 0 unspecified atom stereocenters. The van der Waals surface area contributed by atoms with Crippen molar-refractivity contribution in [3.63, 3.8) is 0 Å². The number of hydrogen-bond donors (Lipinski definition) is 0. The van der Waals surface area contributed by atoms with Crippen LogP contribution in [0.2, 0.25) is 0 Å². The summed E-state index contributed by atoms with van der Waals surface area (Å²) in [6.07, 6.45) is 0. The maximum atomic E-state index is 12.8. The lowest BCUT2D eigenvalue weighted by molar-refractivity contribution is -0.389. The van der Waals surface area contributed by atoms with E-state index in [-0.39, 0.29) is 0 Å². The highest BCUT2D eigenvalue weighted by Gasteiger charge is 2.23. The zero-order valence-corrected chi connectivity index (χ0v) is 6.62. The highest BCUT2D eigenvalue weighted by atomic mass is 19.3. The van der Waals surface area contributed by atoms with E-state index in [0.29, 0.717) is 0 Å². The van der Waals surface area contributed by atoms with Gasteiger partial charge in [-0.2, -0.15) is 13.2 Å². The molecule has 0 spiro atoms. The van der Waals surface area contributed by atoms with Crippen molar-refractivity contribution < 1.29 is 22.8 Å². The molecule has 1 rings (SSSR count). The third-order valence-corrected chi connectivity index (χ3v) is 1.35. The van der Waals surface area contributed by atoms with Gasteiger partial charge in [-0.3, -0.25) is 10.1 Å². The first kappa shape index (κ1) is 10.3. The molecule has 14 heavy (non-hydrogen) atoms. The van der Waals surface area contributed by atoms with Gasteiger partial charge in [0, 0.05) is 0 Å². The number of rotatable bonds is 3. The second kappa shape index (κ2) is 3.95. The third-order valence-electron chi connectivity index (χ3n) is 1.35. The van der Waals surface area contributed by atoms with Gasteiger partial charge in [0.1, 0.15) is 0 Å². The van der Waals surface area contributed by atoms with Gasteiger partial charge < -0.3 is 4.74 Å². The fourth-order valence-corrected chi connectivity index (χ4v) is 0.864. The van der Waals surface area contributed by atoms with Crippen molar-refractivity contribution in [1.29, 1.82) is 0 Å². The van der Waals surface area contributed by atoms with Crippen molar-refractivity contribution in [2.45, 2.75) is 6.61 Å². The lowest BCUT2D eigenvalue weighted by Crippen LogP contribution is -2.05. The van der Waals surface area contributed by atoms with Gasteiger partial charge in [0.05, 0.1) is 4.92 Å². The summed E-state index contributed by atoms with van der Waals surface area (Å²) in [4.78, 5) is 9.15. The second-order valence-corrected chi connectivity index (χ2v) is 2.22. The van der Waals surface area contributed by atoms with Crippen LogP contribution < -0.4 is 4.74 Å². The molecule has 0 bridgehead atoms. The first-order chi connectivity index (χ1) is 6.52. The normalized spacial score (nSPS) is 10.3. The van der Waals surface area contributed by atoms with Crippen molar-refractivity contribution in [3.8, 4) is 5.75 Å². The van der Waals surface area contributed by atoms with Crippen molar-refractivity contribution in [2.75, 3.05) is 0 Å². The standard InChI is InChI=1S/C7H4F3NO3/c8-4-2-1-3-5(14-7(9)10)6(4)11(12)13/h1-3,7H. The molecule has 0 saturated heterocycles. The van der Waals surface area contributed by atoms with Crippen LogP contribution in [0.25, 0.3) is 0 Å². The Morgan fingerprint density at radius 2 is 2.07 bits per heavy atom. The smallest absolute Gasteiger partial charge is 0.387 e. The molecular weight excluding hydrogens is 203 g/mol. The summed E-state index contributed by atoms with van der Waals surface area (Å²) >= 11 is 0. The molecule has 0 aliphatic carbocycles. The van der Waals surface area contributed by atoms with E-state index in [1.165, 1.54) is 0 Å². The Bertz CT molecular complexity index is 356. The van der Waals surface area contributed by atoms with Crippen LogP contribution in [0.15, 0.2) is 18.2 Å². The molecule has 0 aliphatic rings. The summed E-state index contributed by atoms with van der Waals surface area (Å²) in [5.41, 5.74) is -1.09. The molecule has 7 heteroatoms. The fourth-order valence-electron chi connectivity index (χ4n) is 0.864. The van der Waals surface area contributed by atoms with Crippen molar-refractivity contribution in [2.24, 2.45) is 0 Å². The molecular formula is C7H4F3NO3.